The number of hydrogen-bond acceptors (Lipinski definition) is 5. The molecule has 2 rings (SSSR count). The molecule has 0 radical (unpaired) electrons. The van der Waals surface area contributed by atoms with Crippen molar-refractivity contribution in [3.8, 4) is 11.4 Å². The van der Waals surface area contributed by atoms with Crippen LogP contribution in [0.4, 0.5) is 0 Å². The topological polar surface area (TPSA) is 74.8 Å². The molecule has 0 aliphatic rings. The number of rotatable bonds is 4. The van der Waals surface area contributed by atoms with Crippen molar-refractivity contribution in [2.24, 2.45) is 0 Å². The summed E-state index contributed by atoms with van der Waals surface area (Å²) in [5.41, 5.74) is 2.04. The summed E-state index contributed by atoms with van der Waals surface area (Å²) in [5, 5.41) is 12.2. The normalized spacial score (nSPS) is 11.6. The summed E-state index contributed by atoms with van der Waals surface area (Å²) in [6.07, 6.45) is 5.01. The van der Waals surface area contributed by atoms with Crippen LogP contribution in [0.5, 0.6) is 0 Å². The van der Waals surface area contributed by atoms with Gasteiger partial charge in [-0.3, -0.25) is 4.68 Å². The van der Waals surface area contributed by atoms with Crippen LogP contribution in [0.25, 0.3) is 17.6 Å². The molecule has 0 N–H and O–H groups in total. The molecule has 19 heavy (non-hydrogen) atoms. The number of carbonyl (C=O) groups excluding carboxylic acids is 1. The Bertz CT molecular complexity index is 611. The van der Waals surface area contributed by atoms with Crippen molar-refractivity contribution in [2.75, 3.05) is 7.11 Å². The van der Waals surface area contributed by atoms with E-state index in [1.165, 1.54) is 11.8 Å². The van der Waals surface area contributed by atoms with E-state index >= 15 is 0 Å². The summed E-state index contributed by atoms with van der Waals surface area (Å²) >= 11 is 0. The molecule has 0 aliphatic heterocycles. The third kappa shape index (κ3) is 2.70. The van der Waals surface area contributed by atoms with E-state index in [0.717, 1.165) is 12.2 Å². The van der Waals surface area contributed by atoms with Gasteiger partial charge in [-0.1, -0.05) is 5.21 Å². The number of ether oxygens (including phenoxy) is 1. The lowest BCUT2D eigenvalue weighted by atomic mass is 10.3. The minimum Gasteiger partial charge on any atom is -0.466 e. The maximum absolute atomic E-state index is 11.3. The predicted molar refractivity (Wildman–Crippen MR) is 68.9 cm³/mol. The summed E-state index contributed by atoms with van der Waals surface area (Å²) in [5.74, 6) is -0.393. The molecule has 7 nitrogen and oxygen atoms in total. The zero-order valence-electron chi connectivity index (χ0n) is 11.1. The van der Waals surface area contributed by atoms with Crippen LogP contribution in [0, 0.1) is 0 Å². The maximum atomic E-state index is 11.3. The Labute approximate surface area is 110 Å². The first-order chi connectivity index (χ1) is 9.15. The molecule has 0 aromatic carbocycles. The average molecular weight is 261 g/mol. The van der Waals surface area contributed by atoms with Gasteiger partial charge in [-0.2, -0.15) is 5.10 Å². The third-order valence-corrected chi connectivity index (χ3v) is 2.62. The van der Waals surface area contributed by atoms with Crippen LogP contribution in [0.3, 0.4) is 0 Å². The maximum Gasteiger partial charge on any atom is 0.334 e. The van der Waals surface area contributed by atoms with Gasteiger partial charge in [0.1, 0.15) is 5.69 Å². The zero-order valence-corrected chi connectivity index (χ0v) is 11.1. The van der Waals surface area contributed by atoms with Gasteiger partial charge in [0.05, 0.1) is 24.6 Å². The van der Waals surface area contributed by atoms with Crippen molar-refractivity contribution in [3.63, 3.8) is 0 Å². The Hall–Kier alpha value is -2.44. The van der Waals surface area contributed by atoms with Crippen molar-refractivity contribution in [2.45, 2.75) is 20.4 Å². The fourth-order valence-corrected chi connectivity index (χ4v) is 1.67. The second kappa shape index (κ2) is 5.47. The molecular formula is C12H15N5O2. The third-order valence-electron chi connectivity index (χ3n) is 2.62. The highest BCUT2D eigenvalue weighted by atomic mass is 16.5. The Morgan fingerprint density at radius 1 is 1.53 bits per heavy atom. The summed E-state index contributed by atoms with van der Waals surface area (Å²) in [4.78, 5) is 11.3. The molecule has 2 heterocycles. The van der Waals surface area contributed by atoms with Gasteiger partial charge in [0, 0.05) is 18.9 Å². The van der Waals surface area contributed by atoms with Crippen LogP contribution in [0.15, 0.2) is 24.0 Å². The smallest absolute Gasteiger partial charge is 0.334 e. The molecule has 7 heteroatoms. The largest absolute Gasteiger partial charge is 0.466 e. The van der Waals surface area contributed by atoms with E-state index < -0.39 is 5.97 Å². The summed E-state index contributed by atoms with van der Waals surface area (Å²) in [6.45, 7) is 4.41. The van der Waals surface area contributed by atoms with Crippen molar-refractivity contribution in [3.05, 3.63) is 24.0 Å². The SMILES string of the molecule is CCn1nccc1-c1cn(C=C(C)C(=O)OC)nn1. The first-order valence-electron chi connectivity index (χ1n) is 5.86. The highest BCUT2D eigenvalue weighted by Crippen LogP contribution is 2.15. The predicted octanol–water partition coefficient (Wildman–Crippen LogP) is 1.20. The van der Waals surface area contributed by atoms with E-state index in [-0.39, 0.29) is 0 Å². The molecule has 0 atom stereocenters. The molecule has 0 saturated heterocycles. The molecule has 0 aliphatic carbocycles. The monoisotopic (exact) mass is 261 g/mol. The van der Waals surface area contributed by atoms with Crippen LogP contribution in [-0.4, -0.2) is 37.9 Å². The van der Waals surface area contributed by atoms with Crippen molar-refractivity contribution in [1.82, 2.24) is 24.8 Å². The molecule has 0 bridgehead atoms. The van der Waals surface area contributed by atoms with Gasteiger partial charge in [-0.25, -0.2) is 9.48 Å². The Morgan fingerprint density at radius 3 is 3.00 bits per heavy atom. The van der Waals surface area contributed by atoms with Crippen LogP contribution >= 0.6 is 0 Å². The quantitative estimate of drug-likeness (QED) is 0.610. The minimum atomic E-state index is -0.393. The summed E-state index contributed by atoms with van der Waals surface area (Å²) in [7, 11) is 1.34. The molecule has 2 aromatic rings. The summed E-state index contributed by atoms with van der Waals surface area (Å²) < 4.78 is 7.92. The molecule has 0 unspecified atom stereocenters. The average Bonchev–Trinajstić information content (AvgIpc) is 3.05. The van der Waals surface area contributed by atoms with E-state index in [9.17, 15) is 4.79 Å². The van der Waals surface area contributed by atoms with Gasteiger partial charge < -0.3 is 4.74 Å². The number of carbonyl (C=O) groups is 1. The highest BCUT2D eigenvalue weighted by molar-refractivity contribution is 5.90. The van der Waals surface area contributed by atoms with Gasteiger partial charge in [0.15, 0.2) is 0 Å². The lowest BCUT2D eigenvalue weighted by Gasteiger charge is -1.99. The van der Waals surface area contributed by atoms with E-state index in [4.69, 9.17) is 0 Å². The Kier molecular flexibility index (Phi) is 3.74. The van der Waals surface area contributed by atoms with Crippen LogP contribution in [0.1, 0.15) is 13.8 Å². The van der Waals surface area contributed by atoms with Crippen LogP contribution in [-0.2, 0) is 16.1 Å². The van der Waals surface area contributed by atoms with Crippen molar-refractivity contribution < 1.29 is 9.53 Å². The molecular weight excluding hydrogens is 246 g/mol. The first kappa shape index (κ1) is 13.0. The van der Waals surface area contributed by atoms with Gasteiger partial charge >= 0.3 is 5.97 Å². The van der Waals surface area contributed by atoms with Gasteiger partial charge in [0.2, 0.25) is 0 Å². The zero-order chi connectivity index (χ0) is 13.8. The number of nitrogens with zero attached hydrogens (tertiary/aromatic N) is 5. The van der Waals surface area contributed by atoms with Crippen molar-refractivity contribution in [1.29, 1.82) is 0 Å². The molecule has 0 saturated carbocycles. The number of esters is 1. The van der Waals surface area contributed by atoms with Gasteiger partial charge in [-0.15, -0.1) is 5.10 Å². The van der Waals surface area contributed by atoms with E-state index in [1.54, 1.807) is 25.5 Å². The molecule has 2 aromatic heterocycles. The lowest BCUT2D eigenvalue weighted by Crippen LogP contribution is -2.03. The molecule has 0 fully saturated rings. The van der Waals surface area contributed by atoms with Crippen LogP contribution < -0.4 is 0 Å². The number of aryl methyl sites for hydroxylation is 1. The van der Waals surface area contributed by atoms with E-state index in [2.05, 4.69) is 20.1 Å². The minimum absolute atomic E-state index is 0.393. The van der Waals surface area contributed by atoms with Crippen molar-refractivity contribution >= 4 is 12.2 Å². The fourth-order valence-electron chi connectivity index (χ4n) is 1.67. The number of aromatic nitrogens is 5. The standard InChI is InChI=1S/C12H15N5O2/c1-4-17-11(5-6-13-17)10-8-16(15-14-10)7-9(2)12(18)19-3/h5-8H,4H2,1-3H3. The number of methoxy groups -OCH3 is 1. The molecule has 100 valence electrons. The van der Waals surface area contributed by atoms with E-state index in [0.29, 0.717) is 11.3 Å². The van der Waals surface area contributed by atoms with Gasteiger partial charge in [0.25, 0.3) is 0 Å². The Balaban J connectivity index is 2.27. The van der Waals surface area contributed by atoms with E-state index in [1.807, 2.05) is 17.7 Å². The van der Waals surface area contributed by atoms with Crippen LogP contribution in [0.2, 0.25) is 0 Å². The number of hydrogen-bond donors (Lipinski definition) is 0. The second-order valence-corrected chi connectivity index (χ2v) is 3.92. The highest BCUT2D eigenvalue weighted by Gasteiger charge is 2.09. The second-order valence-electron chi connectivity index (χ2n) is 3.92. The summed E-state index contributed by atoms with van der Waals surface area (Å²) in [6, 6.07) is 1.87. The first-order valence-corrected chi connectivity index (χ1v) is 5.86. The van der Waals surface area contributed by atoms with Gasteiger partial charge in [-0.05, 0) is 19.9 Å². The fraction of sp³-hybridized carbons (Fsp3) is 0.333. The molecule has 0 amide bonds. The molecule has 0 spiro atoms. The Morgan fingerprint density at radius 2 is 2.32 bits per heavy atom. The lowest BCUT2D eigenvalue weighted by molar-refractivity contribution is -0.135.